The average molecular weight is 553 g/mol. The van der Waals surface area contributed by atoms with Crippen molar-refractivity contribution in [2.24, 2.45) is 0 Å². The van der Waals surface area contributed by atoms with Gasteiger partial charge in [-0.25, -0.2) is 9.55 Å². The predicted molar refractivity (Wildman–Crippen MR) is 167 cm³/mol. The smallest absolute Gasteiger partial charge is 0.296 e. The molecule has 200 valence electrons. The Hall–Kier alpha value is -5.62. The zero-order valence-corrected chi connectivity index (χ0v) is 23.1. The van der Waals surface area contributed by atoms with Gasteiger partial charge in [0.2, 0.25) is 5.54 Å². The molecule has 0 fully saturated rings. The van der Waals surface area contributed by atoms with Crippen LogP contribution in [-0.4, -0.2) is 22.8 Å². The Balaban J connectivity index is 1.39. The van der Waals surface area contributed by atoms with E-state index < -0.39 is 5.54 Å². The van der Waals surface area contributed by atoms with E-state index in [9.17, 15) is 0 Å². The van der Waals surface area contributed by atoms with Crippen LogP contribution in [0, 0.1) is 0 Å². The topological polar surface area (TPSA) is 37.4 Å². The summed E-state index contributed by atoms with van der Waals surface area (Å²) in [4.78, 5) is 9.84. The summed E-state index contributed by atoms with van der Waals surface area (Å²) >= 11 is 0. The number of likely N-dealkylation sites (N-methyl/N-ethyl adjacent to an activating group) is 1. The number of ether oxygens (including phenoxy) is 1. The summed E-state index contributed by atoms with van der Waals surface area (Å²) in [5.41, 5.74) is 12.8. The van der Waals surface area contributed by atoms with Gasteiger partial charge in [-0.3, -0.25) is 4.90 Å². The van der Waals surface area contributed by atoms with Gasteiger partial charge >= 0.3 is 0 Å². The summed E-state index contributed by atoms with van der Waals surface area (Å²) in [7, 11) is 2.22. The molecule has 0 radical (unpaired) electrons. The number of hydrogen-bond acceptors (Lipinski definition) is 4. The minimum atomic E-state index is -0.594. The second kappa shape index (κ2) is 6.55. The minimum absolute atomic E-state index is 0.0805. The highest BCUT2D eigenvalue weighted by molar-refractivity contribution is 6.15. The molecule has 0 amide bonds. The molecule has 0 aliphatic carbocycles. The lowest BCUT2D eigenvalue weighted by Crippen LogP contribution is -2.70. The van der Waals surface area contributed by atoms with Crippen molar-refractivity contribution in [3.8, 4) is 39.4 Å². The summed E-state index contributed by atoms with van der Waals surface area (Å²) in [6, 6.07) is 35.4. The van der Waals surface area contributed by atoms with Gasteiger partial charge in [0.1, 0.15) is 17.0 Å². The Morgan fingerprint density at radius 1 is 0.721 bits per heavy atom. The number of aromatic nitrogens is 3. The normalized spacial score (nSPS) is 20.2. The second-order valence-corrected chi connectivity index (χ2v) is 12.3. The number of pyridine rings is 2. The first-order valence-corrected chi connectivity index (χ1v) is 14.8. The van der Waals surface area contributed by atoms with Crippen LogP contribution >= 0.6 is 0 Å². The van der Waals surface area contributed by atoms with E-state index in [0.717, 1.165) is 28.7 Å². The molecule has 2 atom stereocenters. The number of para-hydroxylation sites is 1. The minimum Gasteiger partial charge on any atom is -0.456 e. The molecule has 5 aliphatic rings. The van der Waals surface area contributed by atoms with Crippen molar-refractivity contribution < 1.29 is 9.30 Å². The maximum Gasteiger partial charge on any atom is 0.296 e. The first-order chi connectivity index (χ1) is 21.3. The van der Waals surface area contributed by atoms with Crippen LogP contribution in [0.5, 0.6) is 11.5 Å². The fourth-order valence-electron chi connectivity index (χ4n) is 9.23. The highest BCUT2D eigenvalue weighted by Gasteiger charge is 2.69. The van der Waals surface area contributed by atoms with Gasteiger partial charge in [0.05, 0.1) is 34.1 Å². The number of benzene rings is 4. The first kappa shape index (κ1) is 21.1. The van der Waals surface area contributed by atoms with Crippen LogP contribution < -0.4 is 19.1 Å². The van der Waals surface area contributed by atoms with Gasteiger partial charge in [0.15, 0.2) is 17.7 Å². The fraction of sp³-hybridized carbons (Fsp3) is 0.0811. The van der Waals surface area contributed by atoms with Crippen molar-refractivity contribution in [1.29, 1.82) is 0 Å². The highest BCUT2D eigenvalue weighted by atomic mass is 16.5. The molecule has 1 spiro atoms. The van der Waals surface area contributed by atoms with Crippen LogP contribution in [0.15, 0.2) is 109 Å². The van der Waals surface area contributed by atoms with Crippen LogP contribution in [0.4, 0.5) is 17.2 Å². The Labute approximate surface area is 246 Å². The molecule has 2 unspecified atom stereocenters. The van der Waals surface area contributed by atoms with E-state index in [-0.39, 0.29) is 6.17 Å². The Morgan fingerprint density at radius 3 is 2.44 bits per heavy atom. The Bertz CT molecular complexity index is 2490. The van der Waals surface area contributed by atoms with Gasteiger partial charge in [0.25, 0.3) is 5.65 Å². The molecule has 3 aromatic heterocycles. The molecule has 7 aromatic rings. The van der Waals surface area contributed by atoms with Gasteiger partial charge in [-0.15, -0.1) is 0 Å². The van der Waals surface area contributed by atoms with Gasteiger partial charge in [0, 0.05) is 29.8 Å². The molecule has 8 heterocycles. The molecule has 12 rings (SSSR count). The standard InChI is InChI=1S/C37H22N5O/c1-39-27-14-6-18-38-34(27)41-26-13-5-15-28-30(26)37(36(39)41)31-29(43-28)17-16-24-21-9-3-2-8-20(21)22-10-4-11-23-25-12-7-19-40(37)35(25)42(32(22)23)33(24)31/h2-19,36H,1H3/q+1. The number of hydrogen-bond donors (Lipinski definition) is 0. The van der Waals surface area contributed by atoms with E-state index >= 15 is 0 Å². The van der Waals surface area contributed by atoms with Crippen molar-refractivity contribution in [2.45, 2.75) is 11.7 Å². The molecule has 5 aliphatic heterocycles. The maximum absolute atomic E-state index is 6.91. The first-order valence-electron chi connectivity index (χ1n) is 14.8. The van der Waals surface area contributed by atoms with Crippen molar-refractivity contribution in [3.05, 3.63) is 121 Å². The molecule has 4 aromatic carbocycles. The third kappa shape index (κ3) is 1.98. The van der Waals surface area contributed by atoms with Crippen molar-refractivity contribution in [3.63, 3.8) is 0 Å². The number of nitrogens with zero attached hydrogens (tertiary/aromatic N) is 5. The van der Waals surface area contributed by atoms with Crippen LogP contribution in [0.1, 0.15) is 11.1 Å². The number of anilines is 3. The van der Waals surface area contributed by atoms with E-state index in [1.807, 2.05) is 12.3 Å². The van der Waals surface area contributed by atoms with E-state index in [4.69, 9.17) is 9.72 Å². The van der Waals surface area contributed by atoms with Crippen LogP contribution in [-0.2, 0) is 5.54 Å². The van der Waals surface area contributed by atoms with Crippen molar-refractivity contribution in [1.82, 2.24) is 9.55 Å². The molecular weight excluding hydrogens is 530 g/mol. The van der Waals surface area contributed by atoms with E-state index in [0.29, 0.717) is 0 Å². The lowest BCUT2D eigenvalue weighted by Gasteiger charge is -2.43. The summed E-state index contributed by atoms with van der Waals surface area (Å²) < 4.78 is 12.0. The molecular formula is C37H22N5O+. The quantitative estimate of drug-likeness (QED) is 0.186. The molecule has 43 heavy (non-hydrogen) atoms. The lowest BCUT2D eigenvalue weighted by molar-refractivity contribution is -0.725. The summed E-state index contributed by atoms with van der Waals surface area (Å²) in [6.45, 7) is 0. The predicted octanol–water partition coefficient (Wildman–Crippen LogP) is 7.25. The molecule has 0 saturated heterocycles. The van der Waals surface area contributed by atoms with E-state index in [2.05, 4.69) is 123 Å². The maximum atomic E-state index is 6.91. The van der Waals surface area contributed by atoms with Gasteiger partial charge in [-0.1, -0.05) is 42.5 Å². The summed E-state index contributed by atoms with van der Waals surface area (Å²) in [5.74, 6) is 2.81. The van der Waals surface area contributed by atoms with Gasteiger partial charge < -0.3 is 9.64 Å². The van der Waals surface area contributed by atoms with Crippen LogP contribution in [0.25, 0.3) is 49.9 Å². The van der Waals surface area contributed by atoms with Gasteiger partial charge in [-0.2, -0.15) is 4.57 Å². The molecule has 6 nitrogen and oxygen atoms in total. The molecule has 0 N–H and O–H groups in total. The molecule has 0 saturated carbocycles. The largest absolute Gasteiger partial charge is 0.456 e. The summed E-state index contributed by atoms with van der Waals surface area (Å²) in [6.07, 6.45) is 4.12. The number of rotatable bonds is 0. The zero-order chi connectivity index (χ0) is 27.8. The SMILES string of the molecule is CN1c2cccnc2N2c3cccc4c3C3(c5c(ccc6c5-n5c7c(cccc7c7ccc[n+]3c75)-c3ccccc3-6)O4)C12. The van der Waals surface area contributed by atoms with E-state index in [1.165, 1.54) is 61.0 Å². The highest BCUT2D eigenvalue weighted by Crippen LogP contribution is 2.66. The second-order valence-electron chi connectivity index (χ2n) is 12.3. The fourth-order valence-corrected chi connectivity index (χ4v) is 9.23. The Kier molecular flexibility index (Phi) is 3.22. The van der Waals surface area contributed by atoms with Crippen LogP contribution in [0.3, 0.4) is 0 Å². The van der Waals surface area contributed by atoms with Gasteiger partial charge in [-0.05, 0) is 65.7 Å². The zero-order valence-electron chi connectivity index (χ0n) is 23.1. The average Bonchev–Trinajstić information content (AvgIpc) is 3.63. The summed E-state index contributed by atoms with van der Waals surface area (Å²) in [5, 5.41) is 2.53. The molecule has 6 heteroatoms. The van der Waals surface area contributed by atoms with Crippen molar-refractivity contribution in [2.75, 3.05) is 16.8 Å². The Morgan fingerprint density at radius 2 is 1.51 bits per heavy atom. The monoisotopic (exact) mass is 552 g/mol. The lowest BCUT2D eigenvalue weighted by atomic mass is 9.75. The third-order valence-corrected chi connectivity index (χ3v) is 10.6. The molecule has 0 bridgehead atoms. The van der Waals surface area contributed by atoms with Crippen molar-refractivity contribution >= 4 is 39.1 Å². The van der Waals surface area contributed by atoms with Crippen LogP contribution in [0.2, 0.25) is 0 Å². The number of fused-ring (bicyclic) bond motifs is 8. The third-order valence-electron chi connectivity index (χ3n) is 10.6. The van der Waals surface area contributed by atoms with E-state index in [1.54, 1.807) is 0 Å².